The molecule has 0 N–H and O–H groups in total. The fourth-order valence-electron chi connectivity index (χ4n) is 4.54. The summed E-state index contributed by atoms with van der Waals surface area (Å²) in [5, 5.41) is 4.74. The van der Waals surface area contributed by atoms with E-state index in [9.17, 15) is 14.0 Å². The summed E-state index contributed by atoms with van der Waals surface area (Å²) in [6.07, 6.45) is 0.695. The van der Waals surface area contributed by atoms with Crippen LogP contribution in [0.2, 0.25) is 0 Å². The topological polar surface area (TPSA) is 58.1 Å². The maximum atomic E-state index is 13.3. The minimum Gasteiger partial charge on any atom is -0.587 e. The van der Waals surface area contributed by atoms with Crippen LogP contribution in [-0.2, 0) is 6.54 Å². The molecule has 35 heavy (non-hydrogen) atoms. The van der Waals surface area contributed by atoms with E-state index in [0.29, 0.717) is 35.2 Å². The Balaban J connectivity index is 0.00000289. The molecule has 0 unspecified atom stereocenters. The molecule has 0 aliphatic rings. The molecular weight excluding hydrogens is 452 g/mol. The van der Waals surface area contributed by atoms with E-state index in [-0.39, 0.29) is 46.6 Å². The molecule has 0 radical (unpaired) electrons. The Labute approximate surface area is 224 Å². The summed E-state index contributed by atoms with van der Waals surface area (Å²) in [5.41, 5.74) is 3.21. The van der Waals surface area contributed by atoms with E-state index in [0.717, 1.165) is 0 Å². The molecule has 0 spiro atoms. The number of pyridine rings is 1. The summed E-state index contributed by atoms with van der Waals surface area (Å²) in [6, 6.07) is 27.4. The van der Waals surface area contributed by atoms with E-state index in [2.05, 4.69) is 29.4 Å². The number of aryl methyl sites for hydroxylation is 1. The minimum absolute atomic E-state index is 0. The van der Waals surface area contributed by atoms with Crippen LogP contribution < -0.4 is 45.8 Å². The largest absolute Gasteiger partial charge is 1.00 e. The summed E-state index contributed by atoms with van der Waals surface area (Å²) in [6.45, 7) is 2.23. The average Bonchev–Trinajstić information content (AvgIpc) is 3.18. The maximum absolute atomic E-state index is 13.3. The molecule has 2 heterocycles. The summed E-state index contributed by atoms with van der Waals surface area (Å²) >= 11 is 0. The van der Waals surface area contributed by atoms with E-state index < -0.39 is 5.82 Å². The Bertz CT molecular complexity index is 1520. The van der Waals surface area contributed by atoms with E-state index in [4.69, 9.17) is 0 Å². The molecule has 5 aromatic rings. The van der Waals surface area contributed by atoms with Gasteiger partial charge >= 0.3 is 29.6 Å². The van der Waals surface area contributed by atoms with Crippen LogP contribution in [0.5, 0.6) is 0 Å². The van der Waals surface area contributed by atoms with Gasteiger partial charge in [0.1, 0.15) is 5.82 Å². The normalized spacial score (nSPS) is 11.1. The molecule has 3 aromatic carbocycles. The third kappa shape index (κ3) is 4.96. The number of halogens is 1. The van der Waals surface area contributed by atoms with Gasteiger partial charge in [-0.1, -0.05) is 60.7 Å². The standard InChI is InChI=1S/C28H24FN3O2.Na/c1-19-27-25(30-32(28(27)34)23-14-12-22(29)13-15-23)18-26(33)31(19)17-16-24(20-8-4-2-5-9-20)21-10-6-3-7-11-21;/h2-15,18,24H,16-17H2,1H3,(H,30,33);/q;+1/p-1. The zero-order chi connectivity index (χ0) is 23.7. The molecule has 5 nitrogen and oxygen atoms in total. The van der Waals surface area contributed by atoms with Gasteiger partial charge in [0.2, 0.25) is 11.1 Å². The fourth-order valence-corrected chi connectivity index (χ4v) is 4.54. The molecule has 0 bridgehead atoms. The molecule has 0 atom stereocenters. The van der Waals surface area contributed by atoms with Gasteiger partial charge in [-0.25, -0.2) is 4.39 Å². The fraction of sp³-hybridized carbons (Fsp3) is 0.143. The predicted octanol–water partition coefficient (Wildman–Crippen LogP) is 1.78. The molecule has 0 amide bonds. The second-order valence-corrected chi connectivity index (χ2v) is 8.34. The maximum Gasteiger partial charge on any atom is 1.00 e. The van der Waals surface area contributed by atoms with Crippen LogP contribution in [0.15, 0.2) is 101 Å². The Kier molecular flexibility index (Phi) is 7.55. The van der Waals surface area contributed by atoms with Gasteiger partial charge in [-0.15, -0.1) is 5.52 Å². The van der Waals surface area contributed by atoms with Gasteiger partial charge in [0.15, 0.2) is 0 Å². The first-order valence-corrected chi connectivity index (χ1v) is 11.2. The van der Waals surface area contributed by atoms with Crippen molar-refractivity contribution in [1.82, 2.24) is 14.3 Å². The van der Waals surface area contributed by atoms with Crippen molar-refractivity contribution in [2.75, 3.05) is 0 Å². The molecule has 7 heteroatoms. The van der Waals surface area contributed by atoms with Crippen molar-refractivity contribution in [1.29, 1.82) is 0 Å². The van der Waals surface area contributed by atoms with Crippen LogP contribution >= 0.6 is 0 Å². The van der Waals surface area contributed by atoms with Crippen molar-refractivity contribution in [3.05, 3.63) is 134 Å². The number of benzene rings is 3. The molecule has 0 saturated heterocycles. The van der Waals surface area contributed by atoms with Crippen molar-refractivity contribution in [2.45, 2.75) is 25.8 Å². The van der Waals surface area contributed by atoms with Crippen LogP contribution in [0.3, 0.4) is 0 Å². The van der Waals surface area contributed by atoms with Crippen LogP contribution in [0.25, 0.3) is 16.6 Å². The minimum atomic E-state index is -0.393. The molecule has 2 aromatic heterocycles. The third-order valence-electron chi connectivity index (χ3n) is 6.28. The van der Waals surface area contributed by atoms with Crippen LogP contribution in [0.1, 0.15) is 29.2 Å². The number of rotatable bonds is 6. The van der Waals surface area contributed by atoms with E-state index in [1.165, 1.54) is 46.1 Å². The Hall–Kier alpha value is -3.19. The van der Waals surface area contributed by atoms with Crippen LogP contribution in [-0.4, -0.2) is 9.25 Å². The number of hydrogen-bond donors (Lipinski definition) is 0. The summed E-state index contributed by atoms with van der Waals surface area (Å²) in [4.78, 5) is 26.2. The number of hydrogen-bond acceptors (Lipinski definition) is 2. The van der Waals surface area contributed by atoms with Gasteiger partial charge in [0.25, 0.3) is 0 Å². The summed E-state index contributed by atoms with van der Waals surface area (Å²) in [7, 11) is 0. The second-order valence-electron chi connectivity index (χ2n) is 8.34. The number of fused-ring (bicyclic) bond motifs is 1. The SMILES string of the molecule is Cc1c2c(=O)n(-c3ccc(F)cc3)[n-]c2cc(=O)n1CCC(c1ccccc1)c1ccccc1.[Na+]. The molecule has 0 fully saturated rings. The van der Waals surface area contributed by atoms with Gasteiger partial charge in [-0.05, 0) is 54.8 Å². The summed E-state index contributed by atoms with van der Waals surface area (Å²) < 4.78 is 16.2. The van der Waals surface area contributed by atoms with Gasteiger partial charge in [0, 0.05) is 29.2 Å². The Morgan fingerprint density at radius 2 is 1.43 bits per heavy atom. The quantitative estimate of drug-likeness (QED) is 0.352. The third-order valence-corrected chi connectivity index (χ3v) is 6.28. The average molecular weight is 475 g/mol. The van der Waals surface area contributed by atoms with Crippen molar-refractivity contribution in [3.8, 4) is 5.69 Å². The second kappa shape index (κ2) is 10.6. The first-order chi connectivity index (χ1) is 16.5. The monoisotopic (exact) mass is 475 g/mol. The number of aromatic nitrogens is 3. The molecule has 5 rings (SSSR count). The van der Waals surface area contributed by atoms with Crippen LogP contribution in [0.4, 0.5) is 4.39 Å². The number of nitrogens with zero attached hydrogens (tertiary/aromatic N) is 3. The van der Waals surface area contributed by atoms with Gasteiger partial charge in [-0.3, -0.25) is 9.59 Å². The predicted molar refractivity (Wildman–Crippen MR) is 131 cm³/mol. The van der Waals surface area contributed by atoms with Crippen molar-refractivity contribution in [2.24, 2.45) is 0 Å². The first kappa shape index (κ1) is 24.9. The van der Waals surface area contributed by atoms with Crippen molar-refractivity contribution < 1.29 is 33.9 Å². The Morgan fingerprint density at radius 3 is 2.00 bits per heavy atom. The van der Waals surface area contributed by atoms with Crippen LogP contribution in [0, 0.1) is 12.7 Å². The molecule has 170 valence electrons. The van der Waals surface area contributed by atoms with E-state index >= 15 is 0 Å². The zero-order valence-corrected chi connectivity index (χ0v) is 21.7. The molecular formula is C28H23FN3NaO2. The van der Waals surface area contributed by atoms with Crippen molar-refractivity contribution in [3.63, 3.8) is 0 Å². The molecule has 0 aliphatic heterocycles. The Morgan fingerprint density at radius 1 is 0.857 bits per heavy atom. The van der Waals surface area contributed by atoms with Gasteiger partial charge in [0.05, 0.1) is 0 Å². The van der Waals surface area contributed by atoms with Gasteiger partial charge in [-0.2, -0.15) is 0 Å². The molecule has 0 saturated carbocycles. The first-order valence-electron chi connectivity index (χ1n) is 11.2. The summed E-state index contributed by atoms with van der Waals surface area (Å²) in [5.74, 6) is -0.284. The molecule has 0 aliphatic carbocycles. The zero-order valence-electron chi connectivity index (χ0n) is 19.7. The van der Waals surface area contributed by atoms with Crippen molar-refractivity contribution >= 4 is 10.9 Å². The van der Waals surface area contributed by atoms with E-state index in [1.807, 2.05) is 36.4 Å². The van der Waals surface area contributed by atoms with E-state index in [1.54, 1.807) is 11.5 Å². The smallest absolute Gasteiger partial charge is 0.587 e. The van der Waals surface area contributed by atoms with Gasteiger partial charge < -0.3 is 14.3 Å².